The van der Waals surface area contributed by atoms with E-state index in [-0.39, 0.29) is 6.61 Å². The van der Waals surface area contributed by atoms with Crippen molar-refractivity contribution in [2.45, 2.75) is 19.8 Å². The second kappa shape index (κ2) is 8.22. The van der Waals surface area contributed by atoms with E-state index < -0.39 is 0 Å². The molecule has 0 fully saturated rings. The van der Waals surface area contributed by atoms with E-state index in [1.54, 1.807) is 0 Å². The lowest BCUT2D eigenvalue weighted by molar-refractivity contribution is 0.289. The molecule has 0 unspecified atom stereocenters. The summed E-state index contributed by atoms with van der Waals surface area (Å²) >= 11 is 0. The number of rotatable bonds is 4. The molecule has 0 amide bonds. The van der Waals surface area contributed by atoms with Gasteiger partial charge in [-0.1, -0.05) is 12.2 Å². The normalized spacial score (nSPS) is 9.40. The van der Waals surface area contributed by atoms with Crippen molar-refractivity contribution in [2.75, 3.05) is 6.61 Å². The molecule has 0 heterocycles. The van der Waals surface area contributed by atoms with Gasteiger partial charge in [0.25, 0.3) is 0 Å². The van der Waals surface area contributed by atoms with Gasteiger partial charge in [-0.2, -0.15) is 0 Å². The summed E-state index contributed by atoms with van der Waals surface area (Å²) in [5, 5.41) is 8.40. The Morgan fingerprint density at radius 2 is 2.30 bits per heavy atom. The minimum atomic E-state index is 0.266. The predicted molar refractivity (Wildman–Crippen MR) is 43.8 cm³/mol. The second-order valence-corrected chi connectivity index (χ2v) is 1.93. The molecular weight excluding hydrogens is 124 g/mol. The molecule has 0 aliphatic heterocycles. The highest BCUT2D eigenvalue weighted by Crippen LogP contribution is 1.86. The molecule has 0 aromatic carbocycles. The zero-order valence-corrected chi connectivity index (χ0v) is 6.38. The van der Waals surface area contributed by atoms with Gasteiger partial charge in [0.05, 0.1) is 0 Å². The summed E-state index contributed by atoms with van der Waals surface area (Å²) in [6.07, 6.45) is 9.40. The number of hydrogen-bond acceptors (Lipinski definition) is 1. The van der Waals surface area contributed by atoms with Gasteiger partial charge >= 0.3 is 0 Å². The SMILES string of the molecule is C/C=C/C=C=CCCCO. The van der Waals surface area contributed by atoms with Crippen molar-refractivity contribution >= 4 is 0 Å². The third kappa shape index (κ3) is 7.22. The Morgan fingerprint density at radius 3 is 2.90 bits per heavy atom. The molecule has 0 atom stereocenters. The topological polar surface area (TPSA) is 20.2 Å². The van der Waals surface area contributed by atoms with Crippen LogP contribution in [0.2, 0.25) is 0 Å². The van der Waals surface area contributed by atoms with Crippen LogP contribution >= 0.6 is 0 Å². The molecular formula is C9H14O. The van der Waals surface area contributed by atoms with Crippen molar-refractivity contribution in [3.8, 4) is 0 Å². The summed E-state index contributed by atoms with van der Waals surface area (Å²) in [5.41, 5.74) is 2.97. The molecule has 0 saturated heterocycles. The number of unbranched alkanes of at least 4 members (excludes halogenated alkanes) is 1. The Labute approximate surface area is 62.4 Å². The third-order valence-electron chi connectivity index (χ3n) is 1.01. The molecule has 56 valence electrons. The van der Waals surface area contributed by atoms with Gasteiger partial charge in [-0.15, -0.1) is 5.73 Å². The van der Waals surface area contributed by atoms with Crippen LogP contribution in [0.1, 0.15) is 19.8 Å². The van der Waals surface area contributed by atoms with E-state index in [0.29, 0.717) is 0 Å². The largest absolute Gasteiger partial charge is 0.396 e. The van der Waals surface area contributed by atoms with Gasteiger partial charge in [0, 0.05) is 6.61 Å². The average molecular weight is 138 g/mol. The lowest BCUT2D eigenvalue weighted by atomic mass is 10.3. The van der Waals surface area contributed by atoms with E-state index in [4.69, 9.17) is 5.11 Å². The molecule has 0 bridgehead atoms. The Morgan fingerprint density at radius 1 is 1.50 bits per heavy atom. The van der Waals surface area contributed by atoms with Gasteiger partial charge in [-0.05, 0) is 31.9 Å². The summed E-state index contributed by atoms with van der Waals surface area (Å²) in [6.45, 7) is 2.23. The molecule has 0 rings (SSSR count). The molecule has 1 N–H and O–H groups in total. The highest BCUT2D eigenvalue weighted by atomic mass is 16.2. The monoisotopic (exact) mass is 138 g/mol. The highest BCUT2D eigenvalue weighted by Gasteiger charge is 1.74. The van der Waals surface area contributed by atoms with Crippen LogP contribution in [0.3, 0.4) is 0 Å². The first-order valence-corrected chi connectivity index (χ1v) is 3.55. The predicted octanol–water partition coefficient (Wildman–Crippen LogP) is 2.05. The first kappa shape index (κ1) is 9.22. The number of aliphatic hydroxyl groups is 1. The maximum absolute atomic E-state index is 8.40. The van der Waals surface area contributed by atoms with E-state index >= 15 is 0 Å². The lowest BCUT2D eigenvalue weighted by Gasteiger charge is -1.82. The molecule has 0 radical (unpaired) electrons. The Bertz CT molecular complexity index is 139. The van der Waals surface area contributed by atoms with Crippen LogP contribution in [0.15, 0.2) is 30.0 Å². The fraction of sp³-hybridized carbons (Fsp3) is 0.444. The van der Waals surface area contributed by atoms with Crippen molar-refractivity contribution in [3.05, 3.63) is 30.0 Å². The zero-order chi connectivity index (χ0) is 7.66. The van der Waals surface area contributed by atoms with Crippen molar-refractivity contribution in [2.24, 2.45) is 0 Å². The molecule has 0 aliphatic carbocycles. The van der Waals surface area contributed by atoms with Crippen molar-refractivity contribution in [1.29, 1.82) is 0 Å². The zero-order valence-electron chi connectivity index (χ0n) is 6.38. The van der Waals surface area contributed by atoms with E-state index in [0.717, 1.165) is 12.8 Å². The van der Waals surface area contributed by atoms with Gasteiger partial charge in [0.1, 0.15) is 0 Å². The van der Waals surface area contributed by atoms with E-state index in [2.05, 4.69) is 5.73 Å². The van der Waals surface area contributed by atoms with Crippen LogP contribution in [0.5, 0.6) is 0 Å². The molecule has 0 aromatic rings. The molecule has 0 aromatic heterocycles. The van der Waals surface area contributed by atoms with Crippen LogP contribution in [-0.2, 0) is 0 Å². The number of hydrogen-bond donors (Lipinski definition) is 1. The lowest BCUT2D eigenvalue weighted by Crippen LogP contribution is -1.76. The first-order chi connectivity index (χ1) is 4.91. The van der Waals surface area contributed by atoms with E-state index in [1.165, 1.54) is 0 Å². The third-order valence-corrected chi connectivity index (χ3v) is 1.01. The van der Waals surface area contributed by atoms with Crippen LogP contribution in [0.4, 0.5) is 0 Å². The maximum Gasteiger partial charge on any atom is 0.0434 e. The average Bonchev–Trinajstić information content (AvgIpc) is 1.97. The maximum atomic E-state index is 8.40. The quantitative estimate of drug-likeness (QED) is 0.358. The molecule has 10 heavy (non-hydrogen) atoms. The number of aliphatic hydroxyl groups excluding tert-OH is 1. The summed E-state index contributed by atoms with van der Waals surface area (Å²) in [7, 11) is 0. The van der Waals surface area contributed by atoms with E-state index in [1.807, 2.05) is 31.2 Å². The summed E-state index contributed by atoms with van der Waals surface area (Å²) in [4.78, 5) is 0. The smallest absolute Gasteiger partial charge is 0.0434 e. The fourth-order valence-electron chi connectivity index (χ4n) is 0.497. The molecule has 1 heteroatoms. The Kier molecular flexibility index (Phi) is 7.58. The van der Waals surface area contributed by atoms with Gasteiger partial charge in [-0.3, -0.25) is 0 Å². The van der Waals surface area contributed by atoms with Gasteiger partial charge in [0.15, 0.2) is 0 Å². The fourth-order valence-corrected chi connectivity index (χ4v) is 0.497. The van der Waals surface area contributed by atoms with Crippen LogP contribution in [0.25, 0.3) is 0 Å². The minimum Gasteiger partial charge on any atom is -0.396 e. The highest BCUT2D eigenvalue weighted by molar-refractivity contribution is 5.00. The van der Waals surface area contributed by atoms with Crippen LogP contribution in [-0.4, -0.2) is 11.7 Å². The minimum absolute atomic E-state index is 0.266. The van der Waals surface area contributed by atoms with Crippen molar-refractivity contribution < 1.29 is 5.11 Å². The van der Waals surface area contributed by atoms with Crippen molar-refractivity contribution in [1.82, 2.24) is 0 Å². The molecule has 0 saturated carbocycles. The number of allylic oxidation sites excluding steroid dienone is 3. The summed E-state index contributed by atoms with van der Waals surface area (Å²) < 4.78 is 0. The Balaban J connectivity index is 3.34. The molecule has 0 spiro atoms. The standard InChI is InChI=1S/C9H14O/c1-2-3-4-5-6-7-8-9-10/h2-4,6,10H,7-9H2,1H3/b3-2+. The Hall–Kier alpha value is -0.780. The second-order valence-electron chi connectivity index (χ2n) is 1.93. The van der Waals surface area contributed by atoms with Gasteiger partial charge in [0.2, 0.25) is 0 Å². The van der Waals surface area contributed by atoms with Crippen LogP contribution in [0, 0.1) is 0 Å². The molecule has 0 aliphatic rings. The van der Waals surface area contributed by atoms with Gasteiger partial charge < -0.3 is 5.11 Å². The first-order valence-electron chi connectivity index (χ1n) is 3.55. The van der Waals surface area contributed by atoms with Crippen LogP contribution < -0.4 is 0 Å². The van der Waals surface area contributed by atoms with Gasteiger partial charge in [-0.25, -0.2) is 0 Å². The molecule has 1 nitrogen and oxygen atoms in total. The summed E-state index contributed by atoms with van der Waals surface area (Å²) in [5.74, 6) is 0. The van der Waals surface area contributed by atoms with E-state index in [9.17, 15) is 0 Å². The summed E-state index contributed by atoms with van der Waals surface area (Å²) in [6, 6.07) is 0. The van der Waals surface area contributed by atoms with Crippen molar-refractivity contribution in [3.63, 3.8) is 0 Å².